The molecule has 33 heavy (non-hydrogen) atoms. The van der Waals surface area contributed by atoms with Crippen LogP contribution in [0.3, 0.4) is 0 Å². The van der Waals surface area contributed by atoms with Crippen molar-refractivity contribution in [2.45, 2.75) is 63.3 Å². The van der Waals surface area contributed by atoms with E-state index in [1.165, 1.54) is 12.1 Å². The van der Waals surface area contributed by atoms with Crippen molar-refractivity contribution in [3.8, 4) is 0 Å². The first-order chi connectivity index (χ1) is 15.6. The normalized spacial score (nSPS) is 28.3. The number of nitrogens with zero attached hydrogens (tertiary/aromatic N) is 2. The van der Waals surface area contributed by atoms with Gasteiger partial charge < -0.3 is 19.6 Å². The highest BCUT2D eigenvalue weighted by molar-refractivity contribution is 5.87. The summed E-state index contributed by atoms with van der Waals surface area (Å²) in [5.41, 5.74) is -1.52. The van der Waals surface area contributed by atoms with Gasteiger partial charge in [0.1, 0.15) is 0 Å². The number of halogens is 3. The SMILES string of the molecule is COC(=O)Nc1ccc(N2CCC[C@]3(CCN([C@H]4CC[C@H](O)CC4)C3=O)C2)c(C(F)(F)F)c1. The van der Waals surface area contributed by atoms with Gasteiger partial charge in [0.25, 0.3) is 0 Å². The number of likely N-dealkylation sites (tertiary alicyclic amines) is 1. The Kier molecular flexibility index (Phi) is 6.48. The fourth-order valence-corrected chi connectivity index (χ4v) is 5.57. The van der Waals surface area contributed by atoms with Crippen molar-refractivity contribution in [1.82, 2.24) is 4.90 Å². The molecule has 1 saturated carbocycles. The molecule has 10 heteroatoms. The third-order valence-corrected chi connectivity index (χ3v) is 7.30. The molecular weight excluding hydrogens is 439 g/mol. The molecule has 0 radical (unpaired) electrons. The van der Waals surface area contributed by atoms with Gasteiger partial charge in [0.2, 0.25) is 5.91 Å². The van der Waals surface area contributed by atoms with Gasteiger partial charge in [-0.25, -0.2) is 4.79 Å². The second kappa shape index (κ2) is 9.04. The Balaban J connectivity index is 1.56. The third kappa shape index (κ3) is 4.76. The summed E-state index contributed by atoms with van der Waals surface area (Å²) in [6.45, 7) is 1.28. The molecule has 4 rings (SSSR count). The lowest BCUT2D eigenvalue weighted by molar-refractivity contribution is -0.139. The molecule has 2 amide bonds. The Hall–Kier alpha value is -2.49. The number of carbonyl (C=O) groups is 2. The molecule has 0 bridgehead atoms. The minimum absolute atomic E-state index is 0.00717. The quantitative estimate of drug-likeness (QED) is 0.699. The van der Waals surface area contributed by atoms with E-state index in [0.717, 1.165) is 26.0 Å². The zero-order valence-electron chi connectivity index (χ0n) is 18.7. The van der Waals surface area contributed by atoms with Crippen molar-refractivity contribution in [2.75, 3.05) is 37.0 Å². The Labute approximate surface area is 190 Å². The molecule has 1 aromatic carbocycles. The molecule has 2 aliphatic heterocycles. The number of nitrogens with one attached hydrogen (secondary N) is 1. The van der Waals surface area contributed by atoms with Gasteiger partial charge >= 0.3 is 12.3 Å². The monoisotopic (exact) mass is 469 g/mol. The zero-order valence-corrected chi connectivity index (χ0v) is 18.7. The van der Waals surface area contributed by atoms with Gasteiger partial charge in [-0.05, 0) is 63.1 Å². The minimum atomic E-state index is -4.62. The van der Waals surface area contributed by atoms with E-state index in [4.69, 9.17) is 0 Å². The fourth-order valence-electron chi connectivity index (χ4n) is 5.57. The average molecular weight is 470 g/mol. The van der Waals surface area contributed by atoms with Gasteiger partial charge in [-0.2, -0.15) is 13.2 Å². The summed E-state index contributed by atoms with van der Waals surface area (Å²) < 4.78 is 46.2. The molecule has 7 nitrogen and oxygen atoms in total. The van der Waals surface area contributed by atoms with Gasteiger partial charge in [0, 0.05) is 37.1 Å². The number of hydrogen-bond donors (Lipinski definition) is 2. The molecule has 0 unspecified atom stereocenters. The summed E-state index contributed by atoms with van der Waals surface area (Å²) in [6.07, 6.45) is -0.981. The second-order valence-corrected chi connectivity index (χ2v) is 9.36. The third-order valence-electron chi connectivity index (χ3n) is 7.30. The van der Waals surface area contributed by atoms with E-state index in [9.17, 15) is 27.9 Å². The first kappa shape index (κ1) is 23.7. The van der Waals surface area contributed by atoms with Crippen LogP contribution < -0.4 is 10.2 Å². The molecule has 1 spiro atoms. The molecule has 3 fully saturated rings. The largest absolute Gasteiger partial charge is 0.453 e. The average Bonchev–Trinajstić information content (AvgIpc) is 3.09. The van der Waals surface area contributed by atoms with Crippen molar-refractivity contribution in [3.63, 3.8) is 0 Å². The summed E-state index contributed by atoms with van der Waals surface area (Å²) in [6, 6.07) is 3.78. The van der Waals surface area contributed by atoms with Crippen molar-refractivity contribution in [2.24, 2.45) is 5.41 Å². The number of piperidine rings is 1. The van der Waals surface area contributed by atoms with E-state index in [1.54, 1.807) is 4.90 Å². The smallest absolute Gasteiger partial charge is 0.418 e. The highest BCUT2D eigenvalue weighted by Crippen LogP contribution is 2.46. The van der Waals surface area contributed by atoms with E-state index in [2.05, 4.69) is 10.1 Å². The van der Waals surface area contributed by atoms with Gasteiger partial charge in [-0.1, -0.05) is 0 Å². The van der Waals surface area contributed by atoms with Crippen LogP contribution in [0, 0.1) is 5.41 Å². The molecule has 3 aliphatic rings. The predicted octanol–water partition coefficient (Wildman–Crippen LogP) is 4.01. The lowest BCUT2D eigenvalue weighted by Gasteiger charge is -2.42. The molecule has 2 heterocycles. The highest BCUT2D eigenvalue weighted by atomic mass is 19.4. The summed E-state index contributed by atoms with van der Waals surface area (Å²) in [4.78, 5) is 28.5. The predicted molar refractivity (Wildman–Crippen MR) is 116 cm³/mol. The lowest BCUT2D eigenvalue weighted by atomic mass is 9.78. The topological polar surface area (TPSA) is 82.1 Å². The number of rotatable bonds is 3. The van der Waals surface area contributed by atoms with Crippen LogP contribution in [0.5, 0.6) is 0 Å². The number of anilines is 2. The zero-order chi connectivity index (χ0) is 23.8. The Bertz CT molecular complexity index is 901. The summed E-state index contributed by atoms with van der Waals surface area (Å²) in [5, 5.41) is 12.1. The van der Waals surface area contributed by atoms with E-state index in [0.29, 0.717) is 45.2 Å². The Morgan fingerprint density at radius 1 is 1.18 bits per heavy atom. The van der Waals surface area contributed by atoms with E-state index >= 15 is 0 Å². The number of amides is 2. The van der Waals surface area contributed by atoms with Gasteiger partial charge in [-0.3, -0.25) is 10.1 Å². The lowest BCUT2D eigenvalue weighted by Crippen LogP contribution is -2.50. The number of ether oxygens (including phenoxy) is 1. The molecule has 1 atom stereocenters. The van der Waals surface area contributed by atoms with Crippen molar-refractivity contribution < 1.29 is 32.6 Å². The van der Waals surface area contributed by atoms with Crippen LogP contribution in [0.2, 0.25) is 0 Å². The van der Waals surface area contributed by atoms with Crippen LogP contribution in [0.4, 0.5) is 29.3 Å². The minimum Gasteiger partial charge on any atom is -0.453 e. The molecule has 182 valence electrons. The maximum Gasteiger partial charge on any atom is 0.418 e. The van der Waals surface area contributed by atoms with Crippen molar-refractivity contribution in [3.05, 3.63) is 23.8 Å². The van der Waals surface area contributed by atoms with Gasteiger partial charge in [0.15, 0.2) is 0 Å². The maximum atomic E-state index is 13.9. The second-order valence-electron chi connectivity index (χ2n) is 9.36. The van der Waals surface area contributed by atoms with E-state index < -0.39 is 23.2 Å². The number of aliphatic hydroxyl groups is 1. The fraction of sp³-hybridized carbons (Fsp3) is 0.652. The van der Waals surface area contributed by atoms with Gasteiger partial charge in [-0.15, -0.1) is 0 Å². The molecule has 1 aliphatic carbocycles. The van der Waals surface area contributed by atoms with Crippen LogP contribution in [0.15, 0.2) is 18.2 Å². The van der Waals surface area contributed by atoms with Crippen molar-refractivity contribution >= 4 is 23.4 Å². The number of hydrogen-bond acceptors (Lipinski definition) is 5. The standard InChI is InChI=1S/C23H30F3N3O4/c1-33-21(32)27-15-3-8-19(18(13-15)23(24,25)26)28-11-2-9-22(14-28)10-12-29(20(22)31)16-4-6-17(30)7-5-16/h3,8,13,16-17,30H,2,4-7,9-12,14H2,1H3,(H,27,32)/t16-,17-,22-/m0/s1. The first-order valence-corrected chi connectivity index (χ1v) is 11.4. The summed E-state index contributed by atoms with van der Waals surface area (Å²) in [5.74, 6) is 0.0335. The molecule has 1 aromatic rings. The molecule has 2 N–H and O–H groups in total. The Morgan fingerprint density at radius 3 is 2.58 bits per heavy atom. The summed E-state index contributed by atoms with van der Waals surface area (Å²) in [7, 11) is 1.14. The van der Waals surface area contributed by atoms with E-state index in [-0.39, 0.29) is 36.0 Å². The summed E-state index contributed by atoms with van der Waals surface area (Å²) >= 11 is 0. The van der Waals surface area contributed by atoms with Crippen LogP contribution in [0.25, 0.3) is 0 Å². The van der Waals surface area contributed by atoms with Crippen LogP contribution in [0.1, 0.15) is 50.5 Å². The first-order valence-electron chi connectivity index (χ1n) is 11.4. The Morgan fingerprint density at radius 2 is 1.91 bits per heavy atom. The molecule has 0 aromatic heterocycles. The van der Waals surface area contributed by atoms with E-state index in [1.807, 2.05) is 4.90 Å². The number of methoxy groups -OCH3 is 1. The number of carbonyl (C=O) groups excluding carboxylic acids is 2. The molecule has 2 saturated heterocycles. The van der Waals surface area contributed by atoms with Crippen LogP contribution >= 0.6 is 0 Å². The maximum absolute atomic E-state index is 13.9. The number of aliphatic hydroxyl groups excluding tert-OH is 1. The highest BCUT2D eigenvalue weighted by Gasteiger charge is 2.51. The van der Waals surface area contributed by atoms with Crippen LogP contribution in [-0.2, 0) is 15.7 Å². The van der Waals surface area contributed by atoms with Crippen LogP contribution in [-0.4, -0.2) is 60.9 Å². The van der Waals surface area contributed by atoms with Crippen molar-refractivity contribution in [1.29, 1.82) is 0 Å². The number of benzene rings is 1. The van der Waals surface area contributed by atoms with Gasteiger partial charge in [0.05, 0.1) is 24.2 Å². The molecular formula is C23H30F3N3O4. The number of alkyl halides is 3.